The van der Waals surface area contributed by atoms with Gasteiger partial charge in [-0.3, -0.25) is 15.0 Å². The number of halogens is 1. The number of nitrogens with one attached hydrogen (secondary N) is 2. The van der Waals surface area contributed by atoms with Crippen molar-refractivity contribution in [3.05, 3.63) is 95.3 Å². The predicted octanol–water partition coefficient (Wildman–Crippen LogP) is 4.34. The number of rotatable bonds is 7. The van der Waals surface area contributed by atoms with Crippen LogP contribution in [0, 0.1) is 5.82 Å². The van der Waals surface area contributed by atoms with E-state index in [1.165, 1.54) is 24.3 Å². The lowest BCUT2D eigenvalue weighted by Crippen LogP contribution is -2.42. The summed E-state index contributed by atoms with van der Waals surface area (Å²) in [4.78, 5) is 35.7. The molecule has 0 saturated carbocycles. The smallest absolute Gasteiger partial charge is 0.426 e. The molecule has 3 aromatic rings. The van der Waals surface area contributed by atoms with E-state index in [-0.39, 0.29) is 25.4 Å². The Morgan fingerprint density at radius 1 is 0.853 bits per heavy atom. The van der Waals surface area contributed by atoms with Crippen molar-refractivity contribution >= 4 is 18.0 Å². The molecule has 2 amide bonds. The van der Waals surface area contributed by atoms with Gasteiger partial charge in [-0.2, -0.15) is 0 Å². The summed E-state index contributed by atoms with van der Waals surface area (Å²) in [6, 6.07) is 21.2. The maximum Gasteiger partial charge on any atom is 0.426 e. The van der Waals surface area contributed by atoms with E-state index >= 15 is 0 Å². The first-order valence-corrected chi connectivity index (χ1v) is 10.8. The van der Waals surface area contributed by atoms with Crippen LogP contribution in [-0.2, 0) is 14.3 Å². The van der Waals surface area contributed by atoms with Gasteiger partial charge in [0.1, 0.15) is 12.4 Å². The lowest BCUT2D eigenvalue weighted by atomic mass is 9.92. The van der Waals surface area contributed by atoms with E-state index in [1.807, 2.05) is 48.5 Å². The van der Waals surface area contributed by atoms with Gasteiger partial charge in [-0.15, -0.1) is 0 Å². The number of amides is 2. The van der Waals surface area contributed by atoms with Crippen LogP contribution in [0.1, 0.15) is 41.4 Å². The zero-order valence-corrected chi connectivity index (χ0v) is 18.2. The summed E-state index contributed by atoms with van der Waals surface area (Å²) in [5.41, 5.74) is 9.31. The van der Waals surface area contributed by atoms with Crippen LogP contribution in [0.4, 0.5) is 9.18 Å². The summed E-state index contributed by atoms with van der Waals surface area (Å²) in [6.45, 7) is 0.0902. The zero-order chi connectivity index (χ0) is 24.1. The number of hydrogen-bond donors (Lipinski definition) is 3. The Bertz CT molecular complexity index is 1170. The fraction of sp³-hybridized carbons (Fsp3) is 0.192. The number of aliphatic carboxylic acids is 1. The molecule has 3 N–H and O–H groups in total. The summed E-state index contributed by atoms with van der Waals surface area (Å²) in [5, 5.41) is 9.15. The average molecular weight is 462 g/mol. The van der Waals surface area contributed by atoms with E-state index in [2.05, 4.69) is 10.9 Å². The van der Waals surface area contributed by atoms with Crippen LogP contribution in [0.3, 0.4) is 0 Å². The molecular formula is C26H23FN2O5. The zero-order valence-electron chi connectivity index (χ0n) is 18.2. The Morgan fingerprint density at radius 3 is 2.03 bits per heavy atom. The number of benzene rings is 3. The minimum Gasteiger partial charge on any atom is -0.481 e. The highest BCUT2D eigenvalue weighted by molar-refractivity contribution is 5.81. The highest BCUT2D eigenvalue weighted by Gasteiger charge is 2.29. The van der Waals surface area contributed by atoms with Crippen LogP contribution in [0.2, 0.25) is 0 Å². The van der Waals surface area contributed by atoms with Gasteiger partial charge in [0.05, 0.1) is 6.42 Å². The number of carboxylic acid groups (broad SMARTS) is 1. The predicted molar refractivity (Wildman–Crippen MR) is 122 cm³/mol. The number of hydrazine groups is 1. The Labute approximate surface area is 195 Å². The van der Waals surface area contributed by atoms with Gasteiger partial charge in [0.25, 0.3) is 0 Å². The molecule has 3 aromatic carbocycles. The number of carboxylic acids is 1. The normalized spacial score (nSPS) is 12.9. The summed E-state index contributed by atoms with van der Waals surface area (Å²) in [7, 11) is 0. The highest BCUT2D eigenvalue weighted by Crippen LogP contribution is 2.44. The van der Waals surface area contributed by atoms with Crippen molar-refractivity contribution in [1.82, 2.24) is 10.9 Å². The molecule has 0 saturated heterocycles. The molecule has 1 unspecified atom stereocenters. The van der Waals surface area contributed by atoms with E-state index in [9.17, 15) is 18.8 Å². The second-order valence-electron chi connectivity index (χ2n) is 8.05. The Hall–Kier alpha value is -4.20. The summed E-state index contributed by atoms with van der Waals surface area (Å²) < 4.78 is 18.5. The maximum atomic E-state index is 13.2. The fourth-order valence-corrected chi connectivity index (χ4v) is 4.28. The van der Waals surface area contributed by atoms with Crippen molar-refractivity contribution in [2.45, 2.75) is 24.7 Å². The summed E-state index contributed by atoms with van der Waals surface area (Å²) >= 11 is 0. The van der Waals surface area contributed by atoms with Crippen LogP contribution in [-0.4, -0.2) is 29.7 Å². The molecule has 0 aliphatic heterocycles. The van der Waals surface area contributed by atoms with Crippen LogP contribution in [0.5, 0.6) is 0 Å². The third kappa shape index (κ3) is 5.23. The van der Waals surface area contributed by atoms with E-state index in [1.54, 1.807) is 0 Å². The van der Waals surface area contributed by atoms with Gasteiger partial charge >= 0.3 is 12.1 Å². The van der Waals surface area contributed by atoms with Gasteiger partial charge < -0.3 is 9.84 Å². The van der Waals surface area contributed by atoms with Crippen molar-refractivity contribution in [1.29, 1.82) is 0 Å². The molecule has 34 heavy (non-hydrogen) atoms. The topological polar surface area (TPSA) is 105 Å². The van der Waals surface area contributed by atoms with Crippen molar-refractivity contribution in [2.75, 3.05) is 6.61 Å². The standard InChI is InChI=1S/C26H23FN2O5/c27-18-11-9-16(10-12-18)17(14-25(31)32)13-24(30)28-29-26(33)34-15-23-21-7-3-1-5-19(21)20-6-2-4-8-22(20)23/h1-12,17,23H,13-15H2,(H,28,30)(H,29,33)(H,31,32). The monoisotopic (exact) mass is 462 g/mol. The molecule has 0 radical (unpaired) electrons. The molecule has 0 aromatic heterocycles. The van der Waals surface area contributed by atoms with Gasteiger partial charge in [0.15, 0.2) is 0 Å². The van der Waals surface area contributed by atoms with Gasteiger partial charge in [-0.1, -0.05) is 60.7 Å². The molecule has 1 aliphatic carbocycles. The minimum absolute atomic E-state index is 0.0902. The molecule has 0 bridgehead atoms. The Balaban J connectivity index is 1.32. The van der Waals surface area contributed by atoms with Crippen LogP contribution in [0.15, 0.2) is 72.8 Å². The molecular weight excluding hydrogens is 439 g/mol. The molecule has 174 valence electrons. The fourth-order valence-electron chi connectivity index (χ4n) is 4.28. The van der Waals surface area contributed by atoms with Gasteiger partial charge in [-0.25, -0.2) is 14.6 Å². The summed E-state index contributed by atoms with van der Waals surface area (Å²) in [6.07, 6.45) is -1.35. The van der Waals surface area contributed by atoms with Gasteiger partial charge in [-0.05, 0) is 39.9 Å². The second-order valence-corrected chi connectivity index (χ2v) is 8.05. The minimum atomic E-state index is -1.09. The lowest BCUT2D eigenvalue weighted by Gasteiger charge is -2.17. The Morgan fingerprint density at radius 2 is 1.44 bits per heavy atom. The van der Waals surface area contributed by atoms with E-state index in [0.29, 0.717) is 5.56 Å². The van der Waals surface area contributed by atoms with Crippen molar-refractivity contribution < 1.29 is 28.6 Å². The quantitative estimate of drug-likeness (QED) is 0.453. The van der Waals surface area contributed by atoms with Crippen LogP contribution in [0.25, 0.3) is 11.1 Å². The Kier molecular flexibility index (Phi) is 6.87. The first-order chi connectivity index (χ1) is 16.4. The third-order valence-electron chi connectivity index (χ3n) is 5.84. The van der Waals surface area contributed by atoms with Crippen LogP contribution < -0.4 is 10.9 Å². The number of carbonyl (C=O) groups excluding carboxylic acids is 2. The molecule has 1 atom stereocenters. The number of fused-ring (bicyclic) bond motifs is 3. The van der Waals surface area contributed by atoms with Gasteiger partial charge in [0, 0.05) is 18.3 Å². The molecule has 0 spiro atoms. The number of ether oxygens (including phenoxy) is 1. The average Bonchev–Trinajstić information content (AvgIpc) is 3.15. The molecule has 0 fully saturated rings. The third-order valence-corrected chi connectivity index (χ3v) is 5.84. The van der Waals surface area contributed by atoms with Crippen molar-refractivity contribution in [3.8, 4) is 11.1 Å². The van der Waals surface area contributed by atoms with E-state index in [0.717, 1.165) is 22.3 Å². The van der Waals surface area contributed by atoms with E-state index in [4.69, 9.17) is 9.84 Å². The second kappa shape index (κ2) is 10.2. The molecule has 8 heteroatoms. The van der Waals surface area contributed by atoms with Crippen molar-refractivity contribution in [3.63, 3.8) is 0 Å². The largest absolute Gasteiger partial charge is 0.481 e. The lowest BCUT2D eigenvalue weighted by molar-refractivity contribution is -0.137. The number of hydrogen-bond acceptors (Lipinski definition) is 4. The highest BCUT2D eigenvalue weighted by atomic mass is 19.1. The summed E-state index contributed by atoms with van der Waals surface area (Å²) in [5.74, 6) is -2.94. The molecule has 7 nitrogen and oxygen atoms in total. The SMILES string of the molecule is O=C(O)CC(CC(=O)NNC(=O)OCC1c2ccccc2-c2ccccc21)c1ccc(F)cc1. The van der Waals surface area contributed by atoms with Crippen LogP contribution >= 0.6 is 0 Å². The van der Waals surface area contributed by atoms with Crippen molar-refractivity contribution in [2.24, 2.45) is 0 Å². The molecule has 1 aliphatic rings. The first-order valence-electron chi connectivity index (χ1n) is 10.8. The maximum absolute atomic E-state index is 13.2. The first kappa shape index (κ1) is 23.0. The van der Waals surface area contributed by atoms with E-state index < -0.39 is 29.7 Å². The number of carbonyl (C=O) groups is 3. The molecule has 0 heterocycles. The molecule has 4 rings (SSSR count). The van der Waals surface area contributed by atoms with Gasteiger partial charge in [0.2, 0.25) is 5.91 Å².